The minimum absolute atomic E-state index is 0.0200. The van der Waals surface area contributed by atoms with Crippen LogP contribution in [0.15, 0.2) is 30.3 Å². The van der Waals surface area contributed by atoms with E-state index in [1.807, 2.05) is 30.3 Å². The van der Waals surface area contributed by atoms with Gasteiger partial charge in [-0.3, -0.25) is 14.4 Å². The maximum absolute atomic E-state index is 12.2. The lowest BCUT2D eigenvalue weighted by atomic mass is 10.1. The lowest BCUT2D eigenvalue weighted by Crippen LogP contribution is -2.52. The molecule has 1 aromatic rings. The van der Waals surface area contributed by atoms with Crippen molar-refractivity contribution >= 4 is 23.9 Å². The van der Waals surface area contributed by atoms with Gasteiger partial charge in [0.25, 0.3) is 0 Å². The maximum atomic E-state index is 12.2. The SMILES string of the molecule is C[C@H](NC(=O)OC(C)(C)C)C(=O)N[C@@H](CCC(=O)OCc1ccccc1)C(N)=O. The van der Waals surface area contributed by atoms with Crippen LogP contribution in [-0.4, -0.2) is 41.6 Å². The van der Waals surface area contributed by atoms with Crippen LogP contribution in [0.4, 0.5) is 4.79 Å². The van der Waals surface area contributed by atoms with Gasteiger partial charge in [-0.2, -0.15) is 0 Å². The summed E-state index contributed by atoms with van der Waals surface area (Å²) in [6, 6.07) is 7.11. The summed E-state index contributed by atoms with van der Waals surface area (Å²) in [7, 11) is 0. The second-order valence-electron chi connectivity index (χ2n) is 7.52. The molecule has 0 heterocycles. The van der Waals surface area contributed by atoms with Crippen LogP contribution in [0.3, 0.4) is 0 Å². The third kappa shape index (κ3) is 10.1. The summed E-state index contributed by atoms with van der Waals surface area (Å²) >= 11 is 0. The van der Waals surface area contributed by atoms with E-state index < -0.39 is 41.6 Å². The molecule has 4 N–H and O–H groups in total. The third-order valence-electron chi connectivity index (χ3n) is 3.67. The number of hydrogen-bond donors (Lipinski definition) is 3. The Kier molecular flexibility index (Phi) is 9.11. The summed E-state index contributed by atoms with van der Waals surface area (Å²) in [5.41, 5.74) is 5.43. The number of esters is 1. The Bertz CT molecular complexity index is 715. The third-order valence-corrected chi connectivity index (χ3v) is 3.67. The Morgan fingerprint density at radius 2 is 1.69 bits per heavy atom. The van der Waals surface area contributed by atoms with E-state index in [1.165, 1.54) is 6.92 Å². The van der Waals surface area contributed by atoms with Gasteiger partial charge in [-0.1, -0.05) is 30.3 Å². The first-order valence-electron chi connectivity index (χ1n) is 9.26. The lowest BCUT2D eigenvalue weighted by Gasteiger charge is -2.22. The van der Waals surface area contributed by atoms with Crippen molar-refractivity contribution in [2.75, 3.05) is 0 Å². The predicted molar refractivity (Wildman–Crippen MR) is 105 cm³/mol. The highest BCUT2D eigenvalue weighted by molar-refractivity contribution is 5.90. The van der Waals surface area contributed by atoms with Crippen molar-refractivity contribution in [3.05, 3.63) is 35.9 Å². The second kappa shape index (κ2) is 11.0. The van der Waals surface area contributed by atoms with E-state index in [1.54, 1.807) is 20.8 Å². The smallest absolute Gasteiger partial charge is 0.408 e. The largest absolute Gasteiger partial charge is 0.461 e. The Balaban J connectivity index is 2.47. The van der Waals surface area contributed by atoms with Gasteiger partial charge in [-0.25, -0.2) is 4.79 Å². The van der Waals surface area contributed by atoms with Crippen LogP contribution in [0.2, 0.25) is 0 Å². The van der Waals surface area contributed by atoms with Gasteiger partial charge < -0.3 is 25.8 Å². The fraction of sp³-hybridized carbons (Fsp3) is 0.500. The molecule has 9 nitrogen and oxygen atoms in total. The first kappa shape index (κ1) is 23.9. The monoisotopic (exact) mass is 407 g/mol. The first-order chi connectivity index (χ1) is 13.5. The predicted octanol–water partition coefficient (Wildman–Crippen LogP) is 1.39. The normalized spacial score (nSPS) is 13.0. The molecular weight excluding hydrogens is 378 g/mol. The highest BCUT2D eigenvalue weighted by Crippen LogP contribution is 2.07. The molecule has 29 heavy (non-hydrogen) atoms. The van der Waals surface area contributed by atoms with Crippen molar-refractivity contribution in [1.82, 2.24) is 10.6 Å². The topological polar surface area (TPSA) is 137 Å². The lowest BCUT2D eigenvalue weighted by molar-refractivity contribution is -0.145. The number of amides is 3. The van der Waals surface area contributed by atoms with Crippen LogP contribution < -0.4 is 16.4 Å². The molecule has 1 rings (SSSR count). The zero-order chi connectivity index (χ0) is 22.0. The van der Waals surface area contributed by atoms with Crippen molar-refractivity contribution in [3.8, 4) is 0 Å². The Morgan fingerprint density at radius 3 is 2.24 bits per heavy atom. The number of alkyl carbamates (subject to hydrolysis) is 1. The zero-order valence-electron chi connectivity index (χ0n) is 17.2. The van der Waals surface area contributed by atoms with E-state index in [-0.39, 0.29) is 19.4 Å². The number of primary amides is 1. The molecule has 1 aromatic carbocycles. The Morgan fingerprint density at radius 1 is 1.07 bits per heavy atom. The average Bonchev–Trinajstić information content (AvgIpc) is 2.62. The van der Waals surface area contributed by atoms with Gasteiger partial charge in [-0.15, -0.1) is 0 Å². The number of hydrogen-bond acceptors (Lipinski definition) is 6. The second-order valence-corrected chi connectivity index (χ2v) is 7.52. The van der Waals surface area contributed by atoms with Gasteiger partial charge in [0, 0.05) is 6.42 Å². The Labute approximate surface area is 170 Å². The molecule has 0 fully saturated rings. The molecule has 2 atom stereocenters. The van der Waals surface area contributed by atoms with Crippen LogP contribution in [0.5, 0.6) is 0 Å². The first-order valence-corrected chi connectivity index (χ1v) is 9.26. The molecule has 0 saturated heterocycles. The summed E-state index contributed by atoms with van der Waals surface area (Å²) < 4.78 is 10.2. The van der Waals surface area contributed by atoms with Crippen LogP contribution in [0.25, 0.3) is 0 Å². The van der Waals surface area contributed by atoms with E-state index in [9.17, 15) is 19.2 Å². The van der Waals surface area contributed by atoms with Crippen molar-refractivity contribution in [2.45, 2.75) is 64.8 Å². The van der Waals surface area contributed by atoms with E-state index in [4.69, 9.17) is 15.2 Å². The van der Waals surface area contributed by atoms with E-state index in [0.717, 1.165) is 5.56 Å². The molecular formula is C20H29N3O6. The van der Waals surface area contributed by atoms with E-state index in [2.05, 4.69) is 10.6 Å². The molecule has 0 unspecified atom stereocenters. The molecule has 3 amide bonds. The number of nitrogens with two attached hydrogens (primary N) is 1. The number of benzene rings is 1. The van der Waals surface area contributed by atoms with Crippen LogP contribution in [0.1, 0.15) is 46.1 Å². The zero-order valence-corrected chi connectivity index (χ0v) is 17.2. The Hall–Kier alpha value is -3.10. The molecule has 0 bridgehead atoms. The van der Waals surface area contributed by atoms with Gasteiger partial charge in [-0.05, 0) is 39.7 Å². The van der Waals surface area contributed by atoms with Crippen LogP contribution in [0, 0.1) is 0 Å². The van der Waals surface area contributed by atoms with Crippen LogP contribution >= 0.6 is 0 Å². The summed E-state index contributed by atoms with van der Waals surface area (Å²) in [6.07, 6.45) is -0.886. The van der Waals surface area contributed by atoms with Crippen molar-refractivity contribution in [3.63, 3.8) is 0 Å². The average molecular weight is 407 g/mol. The molecule has 0 radical (unpaired) electrons. The van der Waals surface area contributed by atoms with Gasteiger partial charge >= 0.3 is 12.1 Å². The van der Waals surface area contributed by atoms with Gasteiger partial charge in [0.1, 0.15) is 24.3 Å². The fourth-order valence-electron chi connectivity index (χ4n) is 2.20. The number of rotatable bonds is 9. The highest BCUT2D eigenvalue weighted by Gasteiger charge is 2.25. The number of carbonyl (C=O) groups is 4. The van der Waals surface area contributed by atoms with Crippen molar-refractivity contribution in [1.29, 1.82) is 0 Å². The van der Waals surface area contributed by atoms with Gasteiger partial charge in [0.2, 0.25) is 11.8 Å². The molecule has 9 heteroatoms. The summed E-state index contributed by atoms with van der Waals surface area (Å²) in [6.45, 7) is 6.63. The van der Waals surface area contributed by atoms with Crippen molar-refractivity contribution < 1.29 is 28.7 Å². The molecule has 0 spiro atoms. The standard InChI is InChI=1S/C20H29N3O6/c1-13(22-19(27)29-20(2,3)4)18(26)23-15(17(21)25)10-11-16(24)28-12-14-8-6-5-7-9-14/h5-9,13,15H,10-12H2,1-4H3,(H2,21,25)(H,22,27)(H,23,26)/t13-,15-/m0/s1. The van der Waals surface area contributed by atoms with Gasteiger partial charge in [0.05, 0.1) is 0 Å². The van der Waals surface area contributed by atoms with Crippen molar-refractivity contribution in [2.24, 2.45) is 5.73 Å². The van der Waals surface area contributed by atoms with Crippen LogP contribution in [-0.2, 0) is 30.5 Å². The summed E-state index contributed by atoms with van der Waals surface area (Å²) in [5.74, 6) is -1.94. The fourth-order valence-corrected chi connectivity index (χ4v) is 2.20. The van der Waals surface area contributed by atoms with E-state index in [0.29, 0.717) is 0 Å². The summed E-state index contributed by atoms with van der Waals surface area (Å²) in [5, 5.41) is 4.79. The number of ether oxygens (including phenoxy) is 2. The van der Waals surface area contributed by atoms with Gasteiger partial charge in [0.15, 0.2) is 0 Å². The molecule has 0 aliphatic rings. The maximum Gasteiger partial charge on any atom is 0.408 e. The molecule has 0 saturated carbocycles. The summed E-state index contributed by atoms with van der Waals surface area (Å²) in [4.78, 5) is 47.4. The molecule has 0 aliphatic heterocycles. The highest BCUT2D eigenvalue weighted by atomic mass is 16.6. The number of nitrogens with one attached hydrogen (secondary N) is 2. The molecule has 0 aliphatic carbocycles. The molecule has 0 aromatic heterocycles. The minimum atomic E-state index is -1.07. The quantitative estimate of drug-likeness (QED) is 0.529. The molecule has 160 valence electrons. The van der Waals surface area contributed by atoms with E-state index >= 15 is 0 Å². The number of carbonyl (C=O) groups excluding carboxylic acids is 4. The minimum Gasteiger partial charge on any atom is -0.461 e.